The van der Waals surface area contributed by atoms with Crippen molar-refractivity contribution in [2.75, 3.05) is 13.7 Å². The van der Waals surface area contributed by atoms with Crippen LogP contribution in [0.1, 0.15) is 20.3 Å². The maximum absolute atomic E-state index is 11.2. The quantitative estimate of drug-likeness (QED) is 0.394. The fourth-order valence-corrected chi connectivity index (χ4v) is 1.60. The summed E-state index contributed by atoms with van der Waals surface area (Å²) < 4.78 is 39.4. The van der Waals surface area contributed by atoms with E-state index in [1.54, 1.807) is 13.8 Å². The van der Waals surface area contributed by atoms with Gasteiger partial charge in [-0.2, -0.15) is 8.42 Å². The Bertz CT molecular complexity index is 376. The summed E-state index contributed by atoms with van der Waals surface area (Å²) in [5.41, 5.74) is 0. The molecule has 0 aliphatic heterocycles. The van der Waals surface area contributed by atoms with Crippen LogP contribution >= 0.6 is 0 Å². The van der Waals surface area contributed by atoms with Crippen molar-refractivity contribution in [3.05, 3.63) is 0 Å². The molecule has 102 valence electrons. The van der Waals surface area contributed by atoms with Crippen LogP contribution in [0.3, 0.4) is 0 Å². The summed E-state index contributed by atoms with van der Waals surface area (Å²) in [6, 6.07) is 0. The molecule has 1 unspecified atom stereocenters. The standard InChI is InChI=1S/C9H16O7S.Na.H/c1-6(2)5-16-8(10)4-7(9(11)15-3)17(12,13)14;;/h6-7H,4-5H2,1-3H3,(H,12,13,14);;. The summed E-state index contributed by atoms with van der Waals surface area (Å²) in [5, 5.41) is -1.94. The molecule has 0 aromatic heterocycles. The average Bonchev–Trinajstić information content (AvgIpc) is 2.20. The topological polar surface area (TPSA) is 107 Å². The second kappa shape index (κ2) is 8.87. The van der Waals surface area contributed by atoms with E-state index in [4.69, 9.17) is 9.29 Å². The maximum atomic E-state index is 11.2. The SMILES string of the molecule is COC(=O)C(CC(=O)OCC(C)C)S(=O)(=O)O.[NaH]. The van der Waals surface area contributed by atoms with Crippen LogP contribution in [0.15, 0.2) is 0 Å². The van der Waals surface area contributed by atoms with Crippen molar-refractivity contribution in [2.24, 2.45) is 5.92 Å². The van der Waals surface area contributed by atoms with Gasteiger partial charge in [0.2, 0.25) is 0 Å². The Labute approximate surface area is 128 Å². The van der Waals surface area contributed by atoms with Crippen molar-refractivity contribution in [1.29, 1.82) is 0 Å². The molecular weight excluding hydrogens is 275 g/mol. The van der Waals surface area contributed by atoms with Gasteiger partial charge in [-0.25, -0.2) is 0 Å². The van der Waals surface area contributed by atoms with E-state index >= 15 is 0 Å². The van der Waals surface area contributed by atoms with E-state index in [9.17, 15) is 18.0 Å². The first kappa shape index (κ1) is 20.2. The molecule has 1 atom stereocenters. The number of hydrogen-bond acceptors (Lipinski definition) is 6. The number of carbonyl (C=O) groups is 2. The van der Waals surface area contributed by atoms with Gasteiger partial charge in [0, 0.05) is 0 Å². The van der Waals surface area contributed by atoms with Gasteiger partial charge in [-0.15, -0.1) is 0 Å². The van der Waals surface area contributed by atoms with Crippen LogP contribution in [0.4, 0.5) is 0 Å². The van der Waals surface area contributed by atoms with Crippen molar-refractivity contribution in [1.82, 2.24) is 0 Å². The Balaban J connectivity index is 0. The van der Waals surface area contributed by atoms with E-state index in [0.717, 1.165) is 7.11 Å². The Kier molecular flexibility index (Phi) is 9.94. The van der Waals surface area contributed by atoms with Gasteiger partial charge in [-0.05, 0) is 5.92 Å². The second-order valence-electron chi connectivity index (χ2n) is 3.81. The first-order valence-electron chi connectivity index (χ1n) is 4.88. The van der Waals surface area contributed by atoms with Crippen molar-refractivity contribution in [3.8, 4) is 0 Å². The molecular formula is C9H17NaO7S. The minimum atomic E-state index is -4.69. The molecule has 0 radical (unpaired) electrons. The van der Waals surface area contributed by atoms with Gasteiger partial charge in [-0.1, -0.05) is 13.8 Å². The third kappa shape index (κ3) is 8.04. The molecule has 0 saturated heterocycles. The molecule has 1 N–H and O–H groups in total. The average molecular weight is 292 g/mol. The van der Waals surface area contributed by atoms with Crippen LogP contribution in [0.25, 0.3) is 0 Å². The van der Waals surface area contributed by atoms with Crippen molar-refractivity contribution >= 4 is 51.6 Å². The Morgan fingerprint density at radius 2 is 1.78 bits per heavy atom. The summed E-state index contributed by atoms with van der Waals surface area (Å²) in [4.78, 5) is 22.3. The molecule has 0 saturated carbocycles. The van der Waals surface area contributed by atoms with Gasteiger partial charge in [-0.3, -0.25) is 14.1 Å². The van der Waals surface area contributed by atoms with E-state index in [1.807, 2.05) is 0 Å². The summed E-state index contributed by atoms with van der Waals surface area (Å²) in [5.74, 6) is -2.00. The molecule has 9 heteroatoms. The molecule has 7 nitrogen and oxygen atoms in total. The summed E-state index contributed by atoms with van der Waals surface area (Å²) in [7, 11) is -3.73. The Hall–Kier alpha value is -0.150. The first-order chi connectivity index (χ1) is 7.68. The molecule has 0 aliphatic carbocycles. The molecule has 0 aromatic carbocycles. The predicted octanol–water partition coefficient (Wildman–Crippen LogP) is -0.643. The van der Waals surface area contributed by atoms with E-state index in [0.29, 0.717) is 0 Å². The Morgan fingerprint density at radius 3 is 2.11 bits per heavy atom. The van der Waals surface area contributed by atoms with Crippen molar-refractivity contribution in [2.45, 2.75) is 25.5 Å². The number of carbonyl (C=O) groups excluding carboxylic acids is 2. The molecule has 0 fully saturated rings. The molecule has 0 spiro atoms. The summed E-state index contributed by atoms with van der Waals surface area (Å²) >= 11 is 0. The van der Waals surface area contributed by atoms with Crippen molar-refractivity contribution < 1.29 is 32.0 Å². The monoisotopic (exact) mass is 292 g/mol. The van der Waals surface area contributed by atoms with Gasteiger partial charge in [0.15, 0.2) is 5.25 Å². The van der Waals surface area contributed by atoms with E-state index in [1.165, 1.54) is 0 Å². The zero-order chi connectivity index (χ0) is 13.6. The number of ether oxygens (including phenoxy) is 2. The third-order valence-corrected chi connectivity index (χ3v) is 2.83. The summed E-state index contributed by atoms with van der Waals surface area (Å²) in [6.07, 6.45) is -0.766. The molecule has 0 aromatic rings. The zero-order valence-corrected chi connectivity index (χ0v) is 10.7. The number of methoxy groups -OCH3 is 1. The van der Waals surface area contributed by atoms with Crippen LogP contribution in [0.5, 0.6) is 0 Å². The predicted molar refractivity (Wildman–Crippen MR) is 64.9 cm³/mol. The Morgan fingerprint density at radius 1 is 1.28 bits per heavy atom. The number of esters is 2. The molecule has 0 rings (SSSR count). The van der Waals surface area contributed by atoms with Crippen LogP contribution < -0.4 is 0 Å². The van der Waals surface area contributed by atoms with Gasteiger partial charge in [0.25, 0.3) is 10.1 Å². The summed E-state index contributed by atoms with van der Waals surface area (Å²) in [6.45, 7) is 3.71. The van der Waals surface area contributed by atoms with Gasteiger partial charge < -0.3 is 9.47 Å². The molecule has 0 heterocycles. The molecule has 0 aliphatic rings. The molecule has 0 amide bonds. The van der Waals surface area contributed by atoms with Crippen LogP contribution in [-0.4, -0.2) is 73.4 Å². The van der Waals surface area contributed by atoms with Gasteiger partial charge in [0.05, 0.1) is 20.1 Å². The fraction of sp³-hybridized carbons (Fsp3) is 0.778. The van der Waals surface area contributed by atoms with Crippen LogP contribution in [0, 0.1) is 5.92 Å². The molecule has 0 bridgehead atoms. The van der Waals surface area contributed by atoms with Gasteiger partial charge in [0.1, 0.15) is 0 Å². The van der Waals surface area contributed by atoms with E-state index < -0.39 is 33.7 Å². The van der Waals surface area contributed by atoms with E-state index in [2.05, 4.69) is 4.74 Å². The zero-order valence-electron chi connectivity index (χ0n) is 9.87. The number of rotatable bonds is 6. The number of hydrogen-bond donors (Lipinski definition) is 1. The van der Waals surface area contributed by atoms with E-state index in [-0.39, 0.29) is 42.1 Å². The van der Waals surface area contributed by atoms with Gasteiger partial charge >= 0.3 is 41.5 Å². The minimum absolute atomic E-state index is 0. The van der Waals surface area contributed by atoms with Crippen molar-refractivity contribution in [3.63, 3.8) is 0 Å². The van der Waals surface area contributed by atoms with Crippen LogP contribution in [0.2, 0.25) is 0 Å². The van der Waals surface area contributed by atoms with Crippen LogP contribution in [-0.2, 0) is 29.2 Å². The first-order valence-corrected chi connectivity index (χ1v) is 6.38. The molecule has 18 heavy (non-hydrogen) atoms. The second-order valence-corrected chi connectivity index (χ2v) is 5.41. The normalized spacial score (nSPS) is 12.5. The fourth-order valence-electron chi connectivity index (χ4n) is 0.912. The third-order valence-electron chi connectivity index (χ3n) is 1.75.